The van der Waals surface area contributed by atoms with Gasteiger partial charge in [0.1, 0.15) is 0 Å². The molecule has 0 atom stereocenters. The molecule has 0 bridgehead atoms. The number of carbonyl (C=O) groups is 3. The fraction of sp³-hybridized carbons (Fsp3) is 0.160. The van der Waals surface area contributed by atoms with Gasteiger partial charge in [0.2, 0.25) is 5.91 Å². The summed E-state index contributed by atoms with van der Waals surface area (Å²) in [6.07, 6.45) is 0. The average molecular weight is 415 g/mol. The van der Waals surface area contributed by atoms with Crippen molar-refractivity contribution >= 4 is 34.8 Å². The Hall–Kier alpha value is -3.93. The van der Waals surface area contributed by atoms with Crippen molar-refractivity contribution in [1.82, 2.24) is 0 Å². The van der Waals surface area contributed by atoms with Crippen LogP contribution in [0.3, 0.4) is 0 Å². The van der Waals surface area contributed by atoms with Crippen LogP contribution in [0.15, 0.2) is 78.9 Å². The fourth-order valence-corrected chi connectivity index (χ4v) is 2.69. The molecule has 0 fully saturated rings. The van der Waals surface area contributed by atoms with Crippen molar-refractivity contribution in [2.45, 2.75) is 20.8 Å². The van der Waals surface area contributed by atoms with E-state index in [1.807, 2.05) is 26.8 Å². The molecule has 0 aromatic heterocycles. The Morgan fingerprint density at radius 1 is 0.581 bits per heavy atom. The summed E-state index contributed by atoms with van der Waals surface area (Å²) in [6.45, 7) is 5.50. The van der Waals surface area contributed by atoms with Crippen molar-refractivity contribution < 1.29 is 14.4 Å². The molecule has 6 nitrogen and oxygen atoms in total. The van der Waals surface area contributed by atoms with E-state index in [1.54, 1.807) is 72.8 Å². The van der Waals surface area contributed by atoms with E-state index in [-0.39, 0.29) is 17.7 Å². The molecule has 0 heterocycles. The van der Waals surface area contributed by atoms with Crippen LogP contribution >= 0.6 is 0 Å². The number of carbonyl (C=O) groups excluding carboxylic acids is 3. The summed E-state index contributed by atoms with van der Waals surface area (Å²) in [5.41, 5.74) is 2.26. The van der Waals surface area contributed by atoms with Gasteiger partial charge in [0, 0.05) is 33.6 Å². The number of rotatable bonds is 5. The standard InChI is InChI=1S/C25H25N3O3/c1-25(2,3)24(31)28-21-11-7-10-20(16-21)27-23(30)18-12-14-19(15-13-18)26-22(29)17-8-5-4-6-9-17/h4-16H,1-3H3,(H,26,29)(H,27,30)(H,28,31). The van der Waals surface area contributed by atoms with Crippen molar-refractivity contribution in [3.8, 4) is 0 Å². The Kier molecular flexibility index (Phi) is 6.50. The molecule has 3 N–H and O–H groups in total. The molecule has 3 rings (SSSR count). The summed E-state index contributed by atoms with van der Waals surface area (Å²) in [5.74, 6) is -0.615. The zero-order chi connectivity index (χ0) is 22.4. The molecule has 3 amide bonds. The van der Waals surface area contributed by atoms with Crippen molar-refractivity contribution in [3.63, 3.8) is 0 Å². The van der Waals surface area contributed by atoms with Gasteiger partial charge in [0.25, 0.3) is 11.8 Å². The van der Waals surface area contributed by atoms with E-state index >= 15 is 0 Å². The van der Waals surface area contributed by atoms with Crippen molar-refractivity contribution in [2.75, 3.05) is 16.0 Å². The van der Waals surface area contributed by atoms with E-state index < -0.39 is 5.41 Å². The molecule has 6 heteroatoms. The number of nitrogens with one attached hydrogen (secondary N) is 3. The maximum atomic E-state index is 12.6. The van der Waals surface area contributed by atoms with Crippen LogP contribution in [0.2, 0.25) is 0 Å². The van der Waals surface area contributed by atoms with Crippen LogP contribution in [-0.4, -0.2) is 17.7 Å². The van der Waals surface area contributed by atoms with Crippen LogP contribution in [0.1, 0.15) is 41.5 Å². The molecule has 0 saturated heterocycles. The van der Waals surface area contributed by atoms with E-state index in [0.29, 0.717) is 28.2 Å². The van der Waals surface area contributed by atoms with Crippen molar-refractivity contribution in [3.05, 3.63) is 90.0 Å². The highest BCUT2D eigenvalue weighted by Gasteiger charge is 2.21. The first kappa shape index (κ1) is 21.8. The number of amides is 3. The zero-order valence-electron chi connectivity index (χ0n) is 17.7. The number of benzene rings is 3. The minimum atomic E-state index is -0.517. The second kappa shape index (κ2) is 9.26. The lowest BCUT2D eigenvalue weighted by Gasteiger charge is -2.18. The molecule has 0 spiro atoms. The lowest BCUT2D eigenvalue weighted by Crippen LogP contribution is -2.27. The van der Waals surface area contributed by atoms with Crippen LogP contribution < -0.4 is 16.0 Å². The third kappa shape index (κ3) is 6.02. The summed E-state index contributed by atoms with van der Waals surface area (Å²) < 4.78 is 0. The lowest BCUT2D eigenvalue weighted by atomic mass is 9.95. The second-order valence-corrected chi connectivity index (χ2v) is 8.14. The molecule has 0 aliphatic rings. The monoisotopic (exact) mass is 415 g/mol. The van der Waals surface area contributed by atoms with E-state index in [2.05, 4.69) is 16.0 Å². The van der Waals surface area contributed by atoms with E-state index in [0.717, 1.165) is 0 Å². The van der Waals surface area contributed by atoms with E-state index in [9.17, 15) is 14.4 Å². The van der Waals surface area contributed by atoms with Crippen LogP contribution in [-0.2, 0) is 4.79 Å². The summed E-state index contributed by atoms with van der Waals surface area (Å²) in [4.78, 5) is 37.0. The first-order valence-corrected chi connectivity index (χ1v) is 9.92. The van der Waals surface area contributed by atoms with Crippen LogP contribution in [0.5, 0.6) is 0 Å². The SMILES string of the molecule is CC(C)(C)C(=O)Nc1cccc(NC(=O)c2ccc(NC(=O)c3ccccc3)cc2)c1. The van der Waals surface area contributed by atoms with Gasteiger partial charge in [-0.2, -0.15) is 0 Å². The smallest absolute Gasteiger partial charge is 0.255 e. The van der Waals surface area contributed by atoms with Gasteiger partial charge in [0.15, 0.2) is 0 Å². The van der Waals surface area contributed by atoms with Gasteiger partial charge < -0.3 is 16.0 Å². The normalized spacial score (nSPS) is 10.8. The average Bonchev–Trinajstić information content (AvgIpc) is 2.74. The highest BCUT2D eigenvalue weighted by atomic mass is 16.2. The van der Waals surface area contributed by atoms with Gasteiger partial charge in [-0.3, -0.25) is 14.4 Å². The molecule has 0 radical (unpaired) electrons. The first-order valence-electron chi connectivity index (χ1n) is 9.92. The summed E-state index contributed by atoms with van der Waals surface area (Å²) in [6, 6.07) is 22.5. The Morgan fingerprint density at radius 3 is 1.68 bits per heavy atom. The molecule has 3 aromatic carbocycles. The predicted octanol–water partition coefficient (Wildman–Crippen LogP) is 5.18. The number of anilines is 3. The van der Waals surface area contributed by atoms with Crippen molar-refractivity contribution in [1.29, 1.82) is 0 Å². The number of hydrogen-bond acceptors (Lipinski definition) is 3. The van der Waals surface area contributed by atoms with Crippen LogP contribution in [0.4, 0.5) is 17.1 Å². The van der Waals surface area contributed by atoms with Crippen molar-refractivity contribution in [2.24, 2.45) is 5.41 Å². The van der Waals surface area contributed by atoms with Gasteiger partial charge in [-0.1, -0.05) is 45.0 Å². The fourth-order valence-electron chi connectivity index (χ4n) is 2.69. The van der Waals surface area contributed by atoms with Gasteiger partial charge in [-0.15, -0.1) is 0 Å². The van der Waals surface area contributed by atoms with Crippen LogP contribution in [0, 0.1) is 5.41 Å². The third-order valence-corrected chi connectivity index (χ3v) is 4.50. The molecular formula is C25H25N3O3. The van der Waals surface area contributed by atoms with E-state index in [4.69, 9.17) is 0 Å². The quantitative estimate of drug-likeness (QED) is 0.537. The molecule has 0 aliphatic heterocycles. The molecule has 0 saturated carbocycles. The van der Waals surface area contributed by atoms with Gasteiger partial charge in [-0.05, 0) is 54.6 Å². The first-order chi connectivity index (χ1) is 14.7. The Morgan fingerprint density at radius 2 is 1.10 bits per heavy atom. The zero-order valence-corrected chi connectivity index (χ0v) is 17.7. The van der Waals surface area contributed by atoms with Gasteiger partial charge in [-0.25, -0.2) is 0 Å². The highest BCUT2D eigenvalue weighted by Crippen LogP contribution is 2.21. The number of hydrogen-bond donors (Lipinski definition) is 3. The van der Waals surface area contributed by atoms with Gasteiger partial charge in [0.05, 0.1) is 0 Å². The lowest BCUT2D eigenvalue weighted by molar-refractivity contribution is -0.123. The maximum absolute atomic E-state index is 12.6. The molecular weight excluding hydrogens is 390 g/mol. The molecule has 0 unspecified atom stereocenters. The predicted molar refractivity (Wildman–Crippen MR) is 123 cm³/mol. The Balaban J connectivity index is 1.63. The van der Waals surface area contributed by atoms with Crippen LogP contribution in [0.25, 0.3) is 0 Å². The third-order valence-electron chi connectivity index (χ3n) is 4.50. The molecule has 158 valence electrons. The molecule has 31 heavy (non-hydrogen) atoms. The van der Waals surface area contributed by atoms with E-state index in [1.165, 1.54) is 0 Å². The summed E-state index contributed by atoms with van der Waals surface area (Å²) in [5, 5.41) is 8.46. The summed E-state index contributed by atoms with van der Waals surface area (Å²) in [7, 11) is 0. The summed E-state index contributed by atoms with van der Waals surface area (Å²) >= 11 is 0. The topological polar surface area (TPSA) is 87.3 Å². The maximum Gasteiger partial charge on any atom is 0.255 e. The highest BCUT2D eigenvalue weighted by molar-refractivity contribution is 6.06. The Bertz CT molecular complexity index is 1090. The molecule has 0 aliphatic carbocycles. The minimum Gasteiger partial charge on any atom is -0.326 e. The van der Waals surface area contributed by atoms with Gasteiger partial charge >= 0.3 is 0 Å². The minimum absolute atomic E-state index is 0.107. The molecule has 3 aromatic rings. The Labute approximate surface area is 181 Å². The largest absolute Gasteiger partial charge is 0.326 e. The second-order valence-electron chi connectivity index (χ2n) is 8.14.